The fourth-order valence-corrected chi connectivity index (χ4v) is 1.33. The summed E-state index contributed by atoms with van der Waals surface area (Å²) in [5, 5.41) is 1.31. The third-order valence-corrected chi connectivity index (χ3v) is 1.86. The van der Waals surface area contributed by atoms with E-state index in [0.29, 0.717) is 17.3 Å². The van der Waals surface area contributed by atoms with Gasteiger partial charge in [-0.05, 0) is 17.7 Å². The fraction of sp³-hybridized carbons (Fsp3) is 0.125. The Morgan fingerprint density at radius 1 is 1.58 bits per heavy atom. The summed E-state index contributed by atoms with van der Waals surface area (Å²) in [5.74, 6) is 0. The molecule has 12 heavy (non-hydrogen) atoms. The lowest BCUT2D eigenvalue weighted by Gasteiger charge is -1.94. The van der Waals surface area contributed by atoms with E-state index in [2.05, 4.69) is 4.98 Å². The first-order chi connectivity index (χ1) is 5.81. The monoisotopic (exact) mass is 182 g/mol. The molecule has 0 aliphatic heterocycles. The van der Waals surface area contributed by atoms with E-state index in [9.17, 15) is 0 Å². The summed E-state index contributed by atoms with van der Waals surface area (Å²) in [7, 11) is 0. The van der Waals surface area contributed by atoms with Crippen molar-refractivity contribution in [2.75, 3.05) is 0 Å². The zero-order valence-electron chi connectivity index (χ0n) is 6.25. The maximum absolute atomic E-state index is 5.68. The lowest BCUT2D eigenvalue weighted by molar-refractivity contribution is 0.610. The molecular formula is C8H7ClN2O. The van der Waals surface area contributed by atoms with Gasteiger partial charge in [0, 0.05) is 24.2 Å². The standard InChI is InChI=1S/C8H7ClN2O/c9-7-3-5-1-2-11-6(4-10)8(5)12-7/h1-3H,4,10H2. The van der Waals surface area contributed by atoms with E-state index in [1.54, 1.807) is 12.3 Å². The summed E-state index contributed by atoms with van der Waals surface area (Å²) in [6.07, 6.45) is 1.69. The van der Waals surface area contributed by atoms with Gasteiger partial charge in [0.15, 0.2) is 10.8 Å². The van der Waals surface area contributed by atoms with Gasteiger partial charge in [-0.25, -0.2) is 0 Å². The van der Waals surface area contributed by atoms with E-state index in [-0.39, 0.29) is 0 Å². The number of aromatic nitrogens is 1. The normalized spacial score (nSPS) is 10.8. The number of furan rings is 1. The van der Waals surface area contributed by atoms with Crippen LogP contribution in [-0.2, 0) is 6.54 Å². The molecule has 2 N–H and O–H groups in total. The van der Waals surface area contributed by atoms with Crippen molar-refractivity contribution < 1.29 is 4.42 Å². The number of halogens is 1. The van der Waals surface area contributed by atoms with Crippen LogP contribution in [0, 0.1) is 0 Å². The van der Waals surface area contributed by atoms with Crippen LogP contribution in [0.15, 0.2) is 22.7 Å². The summed E-state index contributed by atoms with van der Waals surface area (Å²) in [6.45, 7) is 0.362. The average Bonchev–Trinajstić information content (AvgIpc) is 2.44. The van der Waals surface area contributed by atoms with Crippen LogP contribution < -0.4 is 5.73 Å². The van der Waals surface area contributed by atoms with Crippen LogP contribution in [0.5, 0.6) is 0 Å². The second-order valence-electron chi connectivity index (χ2n) is 2.43. The van der Waals surface area contributed by atoms with Crippen molar-refractivity contribution in [3.63, 3.8) is 0 Å². The molecule has 2 aromatic heterocycles. The molecule has 2 aromatic rings. The molecule has 62 valence electrons. The third-order valence-electron chi connectivity index (χ3n) is 1.67. The smallest absolute Gasteiger partial charge is 0.194 e. The lowest BCUT2D eigenvalue weighted by atomic mass is 10.2. The van der Waals surface area contributed by atoms with Crippen LogP contribution in [0.25, 0.3) is 11.0 Å². The highest BCUT2D eigenvalue weighted by Crippen LogP contribution is 2.24. The predicted molar refractivity (Wildman–Crippen MR) is 46.9 cm³/mol. The first-order valence-corrected chi connectivity index (χ1v) is 3.92. The molecule has 0 amide bonds. The van der Waals surface area contributed by atoms with E-state index in [1.165, 1.54) is 0 Å². The SMILES string of the molecule is NCc1nccc2cc(Cl)oc12. The Morgan fingerprint density at radius 2 is 2.42 bits per heavy atom. The molecule has 2 heterocycles. The highest BCUT2D eigenvalue weighted by atomic mass is 35.5. The molecule has 0 aromatic carbocycles. The predicted octanol–water partition coefficient (Wildman–Crippen LogP) is 1.94. The highest BCUT2D eigenvalue weighted by Gasteiger charge is 2.05. The maximum atomic E-state index is 5.68. The Hall–Kier alpha value is -1.06. The average molecular weight is 183 g/mol. The van der Waals surface area contributed by atoms with Crippen molar-refractivity contribution >= 4 is 22.6 Å². The second kappa shape index (κ2) is 2.77. The molecule has 0 aliphatic rings. The number of hydrogen-bond donors (Lipinski definition) is 1. The van der Waals surface area contributed by atoms with E-state index in [4.69, 9.17) is 21.8 Å². The van der Waals surface area contributed by atoms with E-state index >= 15 is 0 Å². The van der Waals surface area contributed by atoms with Crippen LogP contribution in [0.4, 0.5) is 0 Å². The molecule has 0 radical (unpaired) electrons. The Labute approximate surface area is 74.1 Å². The number of fused-ring (bicyclic) bond motifs is 1. The molecule has 2 rings (SSSR count). The summed E-state index contributed by atoms with van der Waals surface area (Å²) in [4.78, 5) is 4.06. The largest absolute Gasteiger partial charge is 0.443 e. The number of hydrogen-bond acceptors (Lipinski definition) is 3. The topological polar surface area (TPSA) is 52.0 Å². The molecule has 3 nitrogen and oxygen atoms in total. The summed E-state index contributed by atoms with van der Waals surface area (Å²) in [5.41, 5.74) is 6.88. The van der Waals surface area contributed by atoms with Gasteiger partial charge < -0.3 is 10.2 Å². The van der Waals surface area contributed by atoms with Gasteiger partial charge in [0.05, 0.1) is 5.69 Å². The van der Waals surface area contributed by atoms with Crippen molar-refractivity contribution in [2.24, 2.45) is 5.73 Å². The summed E-state index contributed by atoms with van der Waals surface area (Å²) < 4.78 is 5.21. The number of nitrogens with zero attached hydrogens (tertiary/aromatic N) is 1. The maximum Gasteiger partial charge on any atom is 0.194 e. The van der Waals surface area contributed by atoms with Gasteiger partial charge in [0.25, 0.3) is 0 Å². The molecule has 0 aliphatic carbocycles. The van der Waals surface area contributed by atoms with Gasteiger partial charge in [-0.15, -0.1) is 0 Å². The van der Waals surface area contributed by atoms with Gasteiger partial charge >= 0.3 is 0 Å². The molecule has 0 bridgehead atoms. The zero-order valence-corrected chi connectivity index (χ0v) is 7.01. The molecule has 0 unspecified atom stereocenters. The molecule has 0 saturated heterocycles. The molecule has 0 atom stereocenters. The van der Waals surface area contributed by atoms with Gasteiger partial charge in [0.2, 0.25) is 0 Å². The van der Waals surface area contributed by atoms with Crippen molar-refractivity contribution in [1.82, 2.24) is 4.98 Å². The van der Waals surface area contributed by atoms with Crippen LogP contribution in [-0.4, -0.2) is 4.98 Å². The highest BCUT2D eigenvalue weighted by molar-refractivity contribution is 6.29. The third kappa shape index (κ3) is 1.07. The first-order valence-electron chi connectivity index (χ1n) is 3.54. The Morgan fingerprint density at radius 3 is 3.17 bits per heavy atom. The number of rotatable bonds is 1. The lowest BCUT2D eigenvalue weighted by Crippen LogP contribution is -1.98. The molecule has 0 saturated carbocycles. The van der Waals surface area contributed by atoms with Gasteiger partial charge in [0.1, 0.15) is 0 Å². The molecule has 0 fully saturated rings. The van der Waals surface area contributed by atoms with Crippen LogP contribution >= 0.6 is 11.6 Å². The fourth-order valence-electron chi connectivity index (χ4n) is 1.13. The van der Waals surface area contributed by atoms with E-state index in [0.717, 1.165) is 11.1 Å². The second-order valence-corrected chi connectivity index (χ2v) is 2.80. The van der Waals surface area contributed by atoms with Crippen molar-refractivity contribution in [1.29, 1.82) is 0 Å². The quantitative estimate of drug-likeness (QED) is 0.734. The van der Waals surface area contributed by atoms with Crippen molar-refractivity contribution in [3.05, 3.63) is 29.2 Å². The van der Waals surface area contributed by atoms with Gasteiger partial charge in [-0.2, -0.15) is 0 Å². The van der Waals surface area contributed by atoms with Crippen molar-refractivity contribution in [2.45, 2.75) is 6.54 Å². The summed E-state index contributed by atoms with van der Waals surface area (Å²) in [6, 6.07) is 3.58. The van der Waals surface area contributed by atoms with Crippen LogP contribution in [0.2, 0.25) is 5.22 Å². The van der Waals surface area contributed by atoms with Gasteiger partial charge in [-0.3, -0.25) is 4.98 Å². The Kier molecular flexibility index (Phi) is 1.75. The first kappa shape index (κ1) is 7.58. The van der Waals surface area contributed by atoms with Crippen molar-refractivity contribution in [3.8, 4) is 0 Å². The minimum atomic E-state index is 0.362. The number of pyridine rings is 1. The zero-order chi connectivity index (χ0) is 8.55. The molecule has 4 heteroatoms. The van der Waals surface area contributed by atoms with E-state index < -0.39 is 0 Å². The Balaban J connectivity index is 2.78. The van der Waals surface area contributed by atoms with Gasteiger partial charge in [-0.1, -0.05) is 0 Å². The molecular weight excluding hydrogens is 176 g/mol. The minimum absolute atomic E-state index is 0.362. The minimum Gasteiger partial charge on any atom is -0.443 e. The van der Waals surface area contributed by atoms with E-state index in [1.807, 2.05) is 6.07 Å². The van der Waals surface area contributed by atoms with Crippen LogP contribution in [0.3, 0.4) is 0 Å². The molecule has 0 spiro atoms. The Bertz CT molecular complexity index is 410. The summed E-state index contributed by atoms with van der Waals surface area (Å²) >= 11 is 5.68. The van der Waals surface area contributed by atoms with Crippen LogP contribution in [0.1, 0.15) is 5.69 Å². The number of nitrogens with two attached hydrogens (primary N) is 1.